The van der Waals surface area contributed by atoms with Gasteiger partial charge in [0.25, 0.3) is 0 Å². The molecule has 0 saturated carbocycles. The molecule has 0 aliphatic rings. The second kappa shape index (κ2) is 7.39. The monoisotopic (exact) mass is 373 g/mol. The first-order chi connectivity index (χ1) is 12.5. The van der Waals surface area contributed by atoms with Crippen molar-refractivity contribution in [1.82, 2.24) is 9.29 Å². The molecule has 3 aromatic rings. The summed E-state index contributed by atoms with van der Waals surface area (Å²) in [6.45, 7) is 4.47. The molecule has 3 rings (SSSR count). The Labute approximate surface area is 152 Å². The standard InChI is InChI=1S/C19H20FN3O2S/c1-3-23(4-2)26(24,25)15-10-8-14(9-11-15)22-18-12-13-21-19-16(18)6-5-7-17(19)20/h5-13H,3-4H2,1-2H3,(H,21,22). The van der Waals surface area contributed by atoms with Crippen molar-refractivity contribution in [3.8, 4) is 0 Å². The van der Waals surface area contributed by atoms with Crippen molar-refractivity contribution in [3.05, 3.63) is 60.5 Å². The van der Waals surface area contributed by atoms with Crippen molar-refractivity contribution < 1.29 is 12.8 Å². The first-order valence-corrected chi connectivity index (χ1v) is 9.81. The minimum atomic E-state index is -3.49. The zero-order chi connectivity index (χ0) is 18.7. The van der Waals surface area contributed by atoms with Crippen LogP contribution in [0.5, 0.6) is 0 Å². The van der Waals surface area contributed by atoms with Crippen LogP contribution in [0.4, 0.5) is 15.8 Å². The first-order valence-electron chi connectivity index (χ1n) is 8.37. The van der Waals surface area contributed by atoms with E-state index in [1.165, 1.54) is 16.6 Å². The molecule has 0 aliphatic heterocycles. The largest absolute Gasteiger partial charge is 0.355 e. The number of benzene rings is 2. The number of fused-ring (bicyclic) bond motifs is 1. The van der Waals surface area contributed by atoms with Crippen LogP contribution in [-0.2, 0) is 10.0 Å². The molecule has 0 unspecified atom stereocenters. The van der Waals surface area contributed by atoms with Gasteiger partial charge < -0.3 is 5.32 Å². The molecule has 136 valence electrons. The van der Waals surface area contributed by atoms with Crippen molar-refractivity contribution in [3.63, 3.8) is 0 Å². The summed E-state index contributed by atoms with van der Waals surface area (Å²) >= 11 is 0. The van der Waals surface area contributed by atoms with Crippen LogP contribution >= 0.6 is 0 Å². The Hall–Kier alpha value is -2.51. The number of pyridine rings is 1. The van der Waals surface area contributed by atoms with E-state index in [-0.39, 0.29) is 10.7 Å². The second-order valence-corrected chi connectivity index (χ2v) is 7.67. The van der Waals surface area contributed by atoms with Crippen molar-refractivity contribution in [1.29, 1.82) is 0 Å². The highest BCUT2D eigenvalue weighted by Crippen LogP contribution is 2.27. The Kier molecular flexibility index (Phi) is 5.20. The third kappa shape index (κ3) is 3.40. The van der Waals surface area contributed by atoms with E-state index in [1.54, 1.807) is 42.5 Å². The van der Waals surface area contributed by atoms with Crippen molar-refractivity contribution in [2.45, 2.75) is 18.7 Å². The highest BCUT2D eigenvalue weighted by atomic mass is 32.2. The van der Waals surface area contributed by atoms with Gasteiger partial charge in [0.15, 0.2) is 0 Å². The molecule has 0 fully saturated rings. The molecule has 7 heteroatoms. The number of para-hydroxylation sites is 1. The van der Waals surface area contributed by atoms with Gasteiger partial charge in [-0.25, -0.2) is 12.8 Å². The number of halogens is 1. The van der Waals surface area contributed by atoms with Gasteiger partial charge in [-0.1, -0.05) is 26.0 Å². The van der Waals surface area contributed by atoms with E-state index in [4.69, 9.17) is 0 Å². The number of nitrogens with one attached hydrogen (secondary N) is 1. The van der Waals surface area contributed by atoms with Crippen molar-refractivity contribution in [2.24, 2.45) is 0 Å². The fourth-order valence-corrected chi connectivity index (χ4v) is 4.29. The van der Waals surface area contributed by atoms with Crippen LogP contribution in [0.1, 0.15) is 13.8 Å². The van der Waals surface area contributed by atoms with Gasteiger partial charge in [-0.15, -0.1) is 0 Å². The zero-order valence-electron chi connectivity index (χ0n) is 14.6. The van der Waals surface area contributed by atoms with Crippen molar-refractivity contribution in [2.75, 3.05) is 18.4 Å². The zero-order valence-corrected chi connectivity index (χ0v) is 15.4. The predicted octanol–water partition coefficient (Wildman–Crippen LogP) is 4.15. The number of rotatable bonds is 6. The van der Waals surface area contributed by atoms with Gasteiger partial charge in [0.2, 0.25) is 10.0 Å². The lowest BCUT2D eigenvalue weighted by molar-refractivity contribution is 0.445. The Balaban J connectivity index is 1.90. The maximum Gasteiger partial charge on any atom is 0.243 e. The Morgan fingerprint density at radius 3 is 2.38 bits per heavy atom. The minimum Gasteiger partial charge on any atom is -0.355 e. The van der Waals surface area contributed by atoms with Crippen LogP contribution in [-0.4, -0.2) is 30.8 Å². The molecule has 0 amide bonds. The molecule has 2 aromatic carbocycles. The van der Waals surface area contributed by atoms with Crippen molar-refractivity contribution >= 4 is 32.3 Å². The Bertz CT molecular complexity index is 1020. The molecule has 0 bridgehead atoms. The fourth-order valence-electron chi connectivity index (χ4n) is 2.83. The SMILES string of the molecule is CCN(CC)S(=O)(=O)c1ccc(Nc2ccnc3c(F)cccc23)cc1. The van der Waals surface area contributed by atoms with Gasteiger partial charge in [-0.05, 0) is 36.4 Å². The van der Waals surface area contributed by atoms with Crippen LogP contribution < -0.4 is 5.32 Å². The lowest BCUT2D eigenvalue weighted by Gasteiger charge is -2.18. The molecule has 1 heterocycles. The van der Waals surface area contributed by atoms with Crippen LogP contribution in [0, 0.1) is 5.82 Å². The van der Waals surface area contributed by atoms with Gasteiger partial charge in [0.05, 0.1) is 4.90 Å². The number of anilines is 2. The summed E-state index contributed by atoms with van der Waals surface area (Å²) in [6, 6.07) is 13.1. The average molecular weight is 373 g/mol. The maximum absolute atomic E-state index is 13.9. The van der Waals surface area contributed by atoms with Crippen LogP contribution in [0.25, 0.3) is 10.9 Å². The van der Waals surface area contributed by atoms with Crippen LogP contribution in [0.15, 0.2) is 59.6 Å². The summed E-state index contributed by atoms with van der Waals surface area (Å²) in [5.41, 5.74) is 1.70. The molecule has 1 N–H and O–H groups in total. The number of hydrogen-bond donors (Lipinski definition) is 1. The summed E-state index contributed by atoms with van der Waals surface area (Å²) in [7, 11) is -3.49. The Morgan fingerprint density at radius 1 is 1.04 bits per heavy atom. The molecule has 0 spiro atoms. The van der Waals surface area contributed by atoms with E-state index in [1.807, 2.05) is 13.8 Å². The molecular weight excluding hydrogens is 353 g/mol. The quantitative estimate of drug-likeness (QED) is 0.705. The molecule has 0 saturated heterocycles. The summed E-state index contributed by atoms with van der Waals surface area (Å²) in [5.74, 6) is -0.383. The molecule has 0 atom stereocenters. The average Bonchev–Trinajstić information content (AvgIpc) is 2.64. The first kappa shape index (κ1) is 18.3. The predicted molar refractivity (Wildman–Crippen MR) is 102 cm³/mol. The number of sulfonamides is 1. The Morgan fingerprint density at radius 2 is 1.73 bits per heavy atom. The normalized spacial score (nSPS) is 11.8. The van der Waals surface area contributed by atoms with Gasteiger partial charge in [-0.3, -0.25) is 4.98 Å². The van der Waals surface area contributed by atoms with E-state index < -0.39 is 10.0 Å². The van der Waals surface area contributed by atoms with Gasteiger partial charge in [0.1, 0.15) is 11.3 Å². The van der Waals surface area contributed by atoms with E-state index in [0.717, 1.165) is 0 Å². The number of hydrogen-bond acceptors (Lipinski definition) is 4. The topological polar surface area (TPSA) is 62.3 Å². The molecule has 1 aromatic heterocycles. The maximum atomic E-state index is 13.9. The van der Waals surface area contributed by atoms with E-state index in [0.29, 0.717) is 35.4 Å². The third-order valence-electron chi connectivity index (χ3n) is 4.20. The molecular formula is C19H20FN3O2S. The fraction of sp³-hybridized carbons (Fsp3) is 0.211. The summed E-state index contributed by atoms with van der Waals surface area (Å²) in [4.78, 5) is 4.32. The highest BCUT2D eigenvalue weighted by molar-refractivity contribution is 7.89. The van der Waals surface area contributed by atoms with E-state index in [9.17, 15) is 12.8 Å². The highest BCUT2D eigenvalue weighted by Gasteiger charge is 2.21. The molecule has 26 heavy (non-hydrogen) atoms. The summed E-state index contributed by atoms with van der Waals surface area (Å²) < 4.78 is 40.3. The van der Waals surface area contributed by atoms with Crippen LogP contribution in [0.2, 0.25) is 0 Å². The van der Waals surface area contributed by atoms with E-state index >= 15 is 0 Å². The van der Waals surface area contributed by atoms with Crippen LogP contribution in [0.3, 0.4) is 0 Å². The lowest BCUT2D eigenvalue weighted by Crippen LogP contribution is -2.30. The lowest BCUT2D eigenvalue weighted by atomic mass is 10.1. The third-order valence-corrected chi connectivity index (χ3v) is 6.26. The second-order valence-electron chi connectivity index (χ2n) is 5.73. The number of aromatic nitrogens is 1. The van der Waals surface area contributed by atoms with Gasteiger partial charge >= 0.3 is 0 Å². The summed E-state index contributed by atoms with van der Waals surface area (Å²) in [6.07, 6.45) is 1.53. The smallest absolute Gasteiger partial charge is 0.243 e. The molecule has 0 radical (unpaired) electrons. The summed E-state index contributed by atoms with van der Waals surface area (Å²) in [5, 5.41) is 3.85. The number of nitrogens with zero attached hydrogens (tertiary/aromatic N) is 2. The molecule has 5 nitrogen and oxygen atoms in total. The van der Waals surface area contributed by atoms with Gasteiger partial charge in [-0.2, -0.15) is 4.31 Å². The minimum absolute atomic E-state index is 0.248. The van der Waals surface area contributed by atoms with Gasteiger partial charge in [0, 0.05) is 36.0 Å². The van der Waals surface area contributed by atoms with E-state index in [2.05, 4.69) is 10.3 Å². The molecule has 0 aliphatic carbocycles.